The molecule has 2 rings (SSSR count). The van der Waals surface area contributed by atoms with Gasteiger partial charge >= 0.3 is 0 Å². The lowest BCUT2D eigenvalue weighted by molar-refractivity contribution is 0.166. The van der Waals surface area contributed by atoms with Crippen molar-refractivity contribution in [2.24, 2.45) is 5.92 Å². The summed E-state index contributed by atoms with van der Waals surface area (Å²) in [4.78, 5) is 0. The van der Waals surface area contributed by atoms with Crippen LogP contribution in [0, 0.1) is 5.92 Å². The van der Waals surface area contributed by atoms with Crippen LogP contribution in [0.4, 0.5) is 0 Å². The molecule has 1 fully saturated rings. The van der Waals surface area contributed by atoms with Gasteiger partial charge in [-0.25, -0.2) is 0 Å². The molecular weight excluding hydrogens is 264 g/mol. The average molecular weight is 285 g/mol. The zero-order chi connectivity index (χ0) is 12.8. The molecule has 0 bridgehead atoms. The predicted octanol–water partition coefficient (Wildman–Crippen LogP) is 4.51. The normalized spacial score (nSPS) is 18.1. The monoisotopic (exact) mass is 284 g/mol. The molecule has 0 aliphatic heterocycles. The second-order valence-electron chi connectivity index (χ2n) is 5.18. The van der Waals surface area contributed by atoms with Gasteiger partial charge in [0.05, 0.1) is 6.10 Å². The SMILES string of the molecule is OC(CSCc1ccc(Cl)cc1)CC1CCCC1. The van der Waals surface area contributed by atoms with Gasteiger partial charge in [0.25, 0.3) is 0 Å². The highest BCUT2D eigenvalue weighted by atomic mass is 35.5. The van der Waals surface area contributed by atoms with E-state index in [1.807, 2.05) is 23.9 Å². The third-order valence-corrected chi connectivity index (χ3v) is 4.98. The maximum Gasteiger partial charge on any atom is 0.0633 e. The Morgan fingerprint density at radius 1 is 1.22 bits per heavy atom. The summed E-state index contributed by atoms with van der Waals surface area (Å²) < 4.78 is 0. The molecule has 1 aliphatic carbocycles. The van der Waals surface area contributed by atoms with Gasteiger partial charge < -0.3 is 5.11 Å². The van der Waals surface area contributed by atoms with Crippen molar-refractivity contribution in [3.05, 3.63) is 34.9 Å². The predicted molar refractivity (Wildman–Crippen MR) is 80.2 cm³/mol. The van der Waals surface area contributed by atoms with Gasteiger partial charge in [-0.1, -0.05) is 49.4 Å². The van der Waals surface area contributed by atoms with Crippen molar-refractivity contribution in [3.63, 3.8) is 0 Å². The molecule has 1 unspecified atom stereocenters. The van der Waals surface area contributed by atoms with Crippen LogP contribution in [0.15, 0.2) is 24.3 Å². The number of hydrogen-bond donors (Lipinski definition) is 1. The molecule has 3 heteroatoms. The Labute approximate surface area is 119 Å². The van der Waals surface area contributed by atoms with Crippen LogP contribution in [0.5, 0.6) is 0 Å². The van der Waals surface area contributed by atoms with Gasteiger partial charge in [-0.2, -0.15) is 11.8 Å². The van der Waals surface area contributed by atoms with Crippen molar-refractivity contribution in [3.8, 4) is 0 Å². The largest absolute Gasteiger partial charge is 0.392 e. The molecule has 0 saturated heterocycles. The zero-order valence-electron chi connectivity index (χ0n) is 10.6. The lowest BCUT2D eigenvalue weighted by Crippen LogP contribution is -2.14. The van der Waals surface area contributed by atoms with E-state index in [4.69, 9.17) is 11.6 Å². The number of benzene rings is 1. The lowest BCUT2D eigenvalue weighted by Gasteiger charge is -2.14. The van der Waals surface area contributed by atoms with Crippen LogP contribution >= 0.6 is 23.4 Å². The van der Waals surface area contributed by atoms with Crippen LogP contribution in [0.25, 0.3) is 0 Å². The topological polar surface area (TPSA) is 20.2 Å². The first kappa shape index (κ1) is 14.2. The van der Waals surface area contributed by atoms with E-state index >= 15 is 0 Å². The highest BCUT2D eigenvalue weighted by Crippen LogP contribution is 2.29. The van der Waals surface area contributed by atoms with Gasteiger partial charge in [0.2, 0.25) is 0 Å². The summed E-state index contributed by atoms with van der Waals surface area (Å²) in [6, 6.07) is 7.95. The van der Waals surface area contributed by atoms with Gasteiger partial charge in [0, 0.05) is 16.5 Å². The van der Waals surface area contributed by atoms with E-state index in [0.717, 1.165) is 28.9 Å². The van der Waals surface area contributed by atoms with Crippen molar-refractivity contribution in [2.45, 2.75) is 44.0 Å². The van der Waals surface area contributed by atoms with E-state index in [2.05, 4.69) is 12.1 Å². The molecule has 1 nitrogen and oxygen atoms in total. The summed E-state index contributed by atoms with van der Waals surface area (Å²) >= 11 is 7.66. The minimum atomic E-state index is -0.134. The molecule has 0 amide bonds. The standard InChI is InChI=1S/C15H21ClOS/c16-14-7-5-13(6-8-14)10-18-11-15(17)9-12-3-1-2-4-12/h5-8,12,15,17H,1-4,9-11H2. The second-order valence-corrected chi connectivity index (χ2v) is 6.65. The number of hydrogen-bond acceptors (Lipinski definition) is 2. The summed E-state index contributed by atoms with van der Waals surface area (Å²) in [6.07, 6.45) is 6.21. The smallest absolute Gasteiger partial charge is 0.0633 e. The van der Waals surface area contributed by atoms with Crippen molar-refractivity contribution in [2.75, 3.05) is 5.75 Å². The molecule has 100 valence electrons. The zero-order valence-corrected chi connectivity index (χ0v) is 12.2. The van der Waals surface area contributed by atoms with E-state index in [1.54, 1.807) is 0 Å². The average Bonchev–Trinajstić information content (AvgIpc) is 2.84. The Morgan fingerprint density at radius 2 is 1.89 bits per heavy atom. The first-order valence-electron chi connectivity index (χ1n) is 6.74. The van der Waals surface area contributed by atoms with E-state index in [9.17, 15) is 5.11 Å². The minimum Gasteiger partial charge on any atom is -0.392 e. The fourth-order valence-electron chi connectivity index (χ4n) is 2.59. The van der Waals surface area contributed by atoms with Crippen LogP contribution in [-0.4, -0.2) is 17.0 Å². The van der Waals surface area contributed by atoms with Crippen molar-refractivity contribution in [1.82, 2.24) is 0 Å². The van der Waals surface area contributed by atoms with E-state index < -0.39 is 0 Å². The van der Waals surface area contributed by atoms with Crippen molar-refractivity contribution >= 4 is 23.4 Å². The van der Waals surface area contributed by atoms with Crippen LogP contribution in [0.3, 0.4) is 0 Å². The molecule has 18 heavy (non-hydrogen) atoms. The molecular formula is C15H21ClOS. The van der Waals surface area contributed by atoms with Gasteiger partial charge in [-0.3, -0.25) is 0 Å². The molecule has 0 heterocycles. The molecule has 1 aromatic carbocycles. The van der Waals surface area contributed by atoms with E-state index in [-0.39, 0.29) is 6.10 Å². The first-order valence-corrected chi connectivity index (χ1v) is 8.27. The Morgan fingerprint density at radius 3 is 2.56 bits per heavy atom. The fourth-order valence-corrected chi connectivity index (χ4v) is 3.67. The molecule has 1 atom stereocenters. The quantitative estimate of drug-likeness (QED) is 0.829. The molecule has 1 N–H and O–H groups in total. The number of thioether (sulfide) groups is 1. The molecule has 1 saturated carbocycles. The first-order chi connectivity index (χ1) is 8.74. The van der Waals surface area contributed by atoms with E-state index in [1.165, 1.54) is 31.2 Å². The van der Waals surface area contributed by atoms with Crippen LogP contribution in [0.1, 0.15) is 37.7 Å². The molecule has 1 aliphatic rings. The highest BCUT2D eigenvalue weighted by Gasteiger charge is 2.18. The minimum absolute atomic E-state index is 0.134. The summed E-state index contributed by atoms with van der Waals surface area (Å²) in [5, 5.41) is 10.8. The van der Waals surface area contributed by atoms with Gasteiger partial charge in [-0.15, -0.1) is 0 Å². The van der Waals surface area contributed by atoms with Gasteiger partial charge in [-0.05, 0) is 30.0 Å². The summed E-state index contributed by atoms with van der Waals surface area (Å²) in [5.74, 6) is 2.58. The Kier molecular flexibility index (Phi) is 5.87. The maximum absolute atomic E-state index is 9.99. The third kappa shape index (κ3) is 4.83. The van der Waals surface area contributed by atoms with Crippen LogP contribution < -0.4 is 0 Å². The number of aliphatic hydroxyl groups excluding tert-OH is 1. The van der Waals surface area contributed by atoms with Crippen molar-refractivity contribution < 1.29 is 5.11 Å². The Bertz CT molecular complexity index is 346. The van der Waals surface area contributed by atoms with Crippen LogP contribution in [-0.2, 0) is 5.75 Å². The van der Waals surface area contributed by atoms with Crippen LogP contribution in [0.2, 0.25) is 5.02 Å². The van der Waals surface area contributed by atoms with E-state index in [0.29, 0.717) is 0 Å². The highest BCUT2D eigenvalue weighted by molar-refractivity contribution is 7.98. The summed E-state index contributed by atoms with van der Waals surface area (Å²) in [7, 11) is 0. The molecule has 0 aromatic heterocycles. The number of aliphatic hydroxyl groups is 1. The number of rotatable bonds is 6. The Balaban J connectivity index is 1.63. The second kappa shape index (κ2) is 7.42. The molecule has 0 spiro atoms. The van der Waals surface area contributed by atoms with Gasteiger partial charge in [0.15, 0.2) is 0 Å². The fraction of sp³-hybridized carbons (Fsp3) is 0.600. The summed E-state index contributed by atoms with van der Waals surface area (Å²) in [5.41, 5.74) is 1.28. The maximum atomic E-state index is 9.99. The third-order valence-electron chi connectivity index (χ3n) is 3.57. The van der Waals surface area contributed by atoms with Gasteiger partial charge in [0.1, 0.15) is 0 Å². The lowest BCUT2D eigenvalue weighted by atomic mass is 10.0. The molecule has 0 radical (unpaired) electrons. The summed E-state index contributed by atoms with van der Waals surface area (Å²) in [6.45, 7) is 0. The van der Waals surface area contributed by atoms with Crippen molar-refractivity contribution in [1.29, 1.82) is 0 Å². The molecule has 1 aromatic rings. The Hall–Kier alpha value is -0.180. The number of halogens is 1.